The topological polar surface area (TPSA) is 90.2 Å². The zero-order valence-corrected chi connectivity index (χ0v) is 11.7. The summed E-state index contributed by atoms with van der Waals surface area (Å²) in [4.78, 5) is 13.5. The summed E-state index contributed by atoms with van der Waals surface area (Å²) < 4.78 is 1.82. The molecule has 1 aliphatic rings. The molecule has 1 aliphatic carbocycles. The summed E-state index contributed by atoms with van der Waals surface area (Å²) in [5.74, 6) is 0.638. The fourth-order valence-electron chi connectivity index (χ4n) is 3.05. The standard InChI is InChI=1S/C13H23N5O/c1-9-11(7-14)13(17(2)16-9)18(8-12(15)19)10-5-3-4-6-10/h10H,3-8,14H2,1-2H3,(H2,15,19). The van der Waals surface area contributed by atoms with Gasteiger partial charge in [-0.2, -0.15) is 5.10 Å². The Kier molecular flexibility index (Phi) is 4.09. The molecule has 1 heterocycles. The molecule has 1 fully saturated rings. The van der Waals surface area contributed by atoms with Crippen LogP contribution in [0.2, 0.25) is 0 Å². The first-order valence-electron chi connectivity index (χ1n) is 6.82. The number of anilines is 1. The van der Waals surface area contributed by atoms with E-state index in [1.165, 1.54) is 12.8 Å². The molecule has 1 amide bonds. The molecule has 1 saturated carbocycles. The molecule has 6 nitrogen and oxygen atoms in total. The highest BCUT2D eigenvalue weighted by Gasteiger charge is 2.28. The van der Waals surface area contributed by atoms with Crippen LogP contribution in [0.4, 0.5) is 5.82 Å². The van der Waals surface area contributed by atoms with Crippen LogP contribution in [-0.4, -0.2) is 28.3 Å². The van der Waals surface area contributed by atoms with Gasteiger partial charge in [0.25, 0.3) is 0 Å². The highest BCUT2D eigenvalue weighted by molar-refractivity contribution is 5.79. The normalized spacial score (nSPS) is 15.9. The van der Waals surface area contributed by atoms with E-state index in [4.69, 9.17) is 11.5 Å². The van der Waals surface area contributed by atoms with Crippen LogP contribution >= 0.6 is 0 Å². The maximum atomic E-state index is 11.4. The summed E-state index contributed by atoms with van der Waals surface area (Å²) in [6.07, 6.45) is 4.60. The van der Waals surface area contributed by atoms with E-state index in [1.54, 1.807) is 0 Å². The van der Waals surface area contributed by atoms with Gasteiger partial charge in [0, 0.05) is 25.2 Å². The number of nitrogens with two attached hydrogens (primary N) is 2. The van der Waals surface area contributed by atoms with Crippen molar-refractivity contribution in [2.24, 2.45) is 18.5 Å². The highest BCUT2D eigenvalue weighted by atomic mass is 16.1. The van der Waals surface area contributed by atoms with E-state index in [2.05, 4.69) is 10.00 Å². The minimum atomic E-state index is -0.311. The maximum absolute atomic E-state index is 11.4. The Bertz CT molecular complexity index is 462. The van der Waals surface area contributed by atoms with E-state index in [1.807, 2.05) is 18.7 Å². The SMILES string of the molecule is Cc1nn(C)c(N(CC(N)=O)C2CCCC2)c1CN. The molecular weight excluding hydrogens is 242 g/mol. The molecule has 0 spiro atoms. The van der Waals surface area contributed by atoms with Crippen molar-refractivity contribution >= 4 is 11.7 Å². The number of hydrogen-bond donors (Lipinski definition) is 2. The number of amides is 1. The van der Waals surface area contributed by atoms with Gasteiger partial charge in [-0.3, -0.25) is 9.48 Å². The molecule has 1 aromatic rings. The number of nitrogens with zero attached hydrogens (tertiary/aromatic N) is 3. The molecule has 19 heavy (non-hydrogen) atoms. The van der Waals surface area contributed by atoms with Crippen molar-refractivity contribution in [2.45, 2.75) is 45.2 Å². The largest absolute Gasteiger partial charge is 0.368 e. The van der Waals surface area contributed by atoms with Gasteiger partial charge in [0.1, 0.15) is 5.82 Å². The second-order valence-corrected chi connectivity index (χ2v) is 5.25. The second kappa shape index (κ2) is 5.61. The minimum absolute atomic E-state index is 0.233. The Balaban J connectivity index is 2.39. The molecule has 0 bridgehead atoms. The van der Waals surface area contributed by atoms with Gasteiger partial charge in [-0.15, -0.1) is 0 Å². The molecule has 0 saturated heterocycles. The van der Waals surface area contributed by atoms with Crippen molar-refractivity contribution in [1.29, 1.82) is 0 Å². The lowest BCUT2D eigenvalue weighted by Gasteiger charge is -2.30. The van der Waals surface area contributed by atoms with E-state index in [0.717, 1.165) is 29.9 Å². The summed E-state index contributed by atoms with van der Waals surface area (Å²) in [5.41, 5.74) is 13.2. The van der Waals surface area contributed by atoms with E-state index >= 15 is 0 Å². The van der Waals surface area contributed by atoms with Crippen LogP contribution < -0.4 is 16.4 Å². The lowest BCUT2D eigenvalue weighted by Crippen LogP contribution is -2.41. The zero-order chi connectivity index (χ0) is 14.0. The molecule has 106 valence electrons. The first kappa shape index (κ1) is 13.9. The Labute approximate surface area is 113 Å². The molecule has 0 aromatic carbocycles. The van der Waals surface area contributed by atoms with Gasteiger partial charge in [0.2, 0.25) is 5.91 Å². The fourth-order valence-corrected chi connectivity index (χ4v) is 3.05. The van der Waals surface area contributed by atoms with Crippen molar-refractivity contribution in [3.05, 3.63) is 11.3 Å². The third kappa shape index (κ3) is 2.73. The number of rotatable bonds is 5. The maximum Gasteiger partial charge on any atom is 0.237 e. The average Bonchev–Trinajstić information content (AvgIpc) is 2.94. The number of aromatic nitrogens is 2. The molecule has 1 aromatic heterocycles. The van der Waals surface area contributed by atoms with Gasteiger partial charge in [0.15, 0.2) is 0 Å². The van der Waals surface area contributed by atoms with Gasteiger partial charge in [-0.25, -0.2) is 0 Å². The Morgan fingerprint density at radius 2 is 2.11 bits per heavy atom. The predicted molar refractivity (Wildman–Crippen MR) is 74.6 cm³/mol. The quantitative estimate of drug-likeness (QED) is 0.807. The fraction of sp³-hybridized carbons (Fsp3) is 0.692. The van der Waals surface area contributed by atoms with Gasteiger partial charge in [-0.05, 0) is 19.8 Å². The number of aryl methyl sites for hydroxylation is 2. The molecule has 0 radical (unpaired) electrons. The molecule has 6 heteroatoms. The summed E-state index contributed by atoms with van der Waals surface area (Å²) in [5, 5.41) is 4.42. The van der Waals surface area contributed by atoms with Crippen molar-refractivity contribution in [2.75, 3.05) is 11.4 Å². The molecule has 0 aliphatic heterocycles. The number of primary amides is 1. The summed E-state index contributed by atoms with van der Waals surface area (Å²) in [7, 11) is 1.89. The zero-order valence-electron chi connectivity index (χ0n) is 11.7. The van der Waals surface area contributed by atoms with Crippen molar-refractivity contribution in [3.8, 4) is 0 Å². The van der Waals surface area contributed by atoms with Crippen LogP contribution in [0.5, 0.6) is 0 Å². The van der Waals surface area contributed by atoms with Crippen molar-refractivity contribution in [3.63, 3.8) is 0 Å². The summed E-state index contributed by atoms with van der Waals surface area (Å²) >= 11 is 0. The number of carbonyl (C=O) groups excluding carboxylic acids is 1. The molecule has 4 N–H and O–H groups in total. The van der Waals surface area contributed by atoms with Crippen LogP contribution in [0, 0.1) is 6.92 Å². The molecule has 0 unspecified atom stereocenters. The Hall–Kier alpha value is -1.56. The van der Waals surface area contributed by atoms with Gasteiger partial charge < -0.3 is 16.4 Å². The van der Waals surface area contributed by atoms with Crippen molar-refractivity contribution < 1.29 is 4.79 Å². The number of carbonyl (C=O) groups is 1. The molecule has 2 rings (SSSR count). The summed E-state index contributed by atoms with van der Waals surface area (Å²) in [6, 6.07) is 0.368. The van der Waals surface area contributed by atoms with Crippen LogP contribution in [0.15, 0.2) is 0 Å². The van der Waals surface area contributed by atoms with E-state index in [0.29, 0.717) is 12.6 Å². The van der Waals surface area contributed by atoms with Gasteiger partial charge in [0.05, 0.1) is 12.2 Å². The lowest BCUT2D eigenvalue weighted by molar-refractivity contribution is -0.116. The Morgan fingerprint density at radius 1 is 1.47 bits per heavy atom. The summed E-state index contributed by atoms with van der Waals surface area (Å²) in [6.45, 7) is 2.61. The average molecular weight is 265 g/mol. The number of hydrogen-bond acceptors (Lipinski definition) is 4. The van der Waals surface area contributed by atoms with Gasteiger partial charge in [-0.1, -0.05) is 12.8 Å². The van der Waals surface area contributed by atoms with Crippen LogP contribution in [0.1, 0.15) is 36.9 Å². The third-order valence-corrected chi connectivity index (χ3v) is 3.88. The van der Waals surface area contributed by atoms with Crippen LogP contribution in [0.25, 0.3) is 0 Å². The minimum Gasteiger partial charge on any atom is -0.368 e. The first-order chi connectivity index (χ1) is 9.04. The van der Waals surface area contributed by atoms with Crippen molar-refractivity contribution in [1.82, 2.24) is 9.78 Å². The highest BCUT2D eigenvalue weighted by Crippen LogP contribution is 2.31. The molecule has 0 atom stereocenters. The lowest BCUT2D eigenvalue weighted by atomic mass is 10.1. The van der Waals surface area contributed by atoms with Crippen LogP contribution in [-0.2, 0) is 18.4 Å². The molecular formula is C13H23N5O. The second-order valence-electron chi connectivity index (χ2n) is 5.25. The van der Waals surface area contributed by atoms with E-state index in [-0.39, 0.29) is 12.5 Å². The van der Waals surface area contributed by atoms with Crippen LogP contribution in [0.3, 0.4) is 0 Å². The van der Waals surface area contributed by atoms with Gasteiger partial charge >= 0.3 is 0 Å². The van der Waals surface area contributed by atoms with E-state index < -0.39 is 0 Å². The predicted octanol–water partition coefficient (Wildman–Crippen LogP) is 0.422. The Morgan fingerprint density at radius 3 is 2.63 bits per heavy atom. The first-order valence-corrected chi connectivity index (χ1v) is 6.82. The third-order valence-electron chi connectivity index (χ3n) is 3.88. The smallest absolute Gasteiger partial charge is 0.237 e. The monoisotopic (exact) mass is 265 g/mol. The van der Waals surface area contributed by atoms with E-state index in [9.17, 15) is 4.79 Å².